The number of rotatable bonds is 2. The highest BCUT2D eigenvalue weighted by Gasteiger charge is 2.18. The molecule has 1 amide bonds. The van der Waals surface area contributed by atoms with Gasteiger partial charge in [0.1, 0.15) is 5.82 Å². The van der Waals surface area contributed by atoms with Crippen molar-refractivity contribution in [3.63, 3.8) is 0 Å². The zero-order valence-electron chi connectivity index (χ0n) is 8.72. The van der Waals surface area contributed by atoms with E-state index < -0.39 is 17.7 Å². The van der Waals surface area contributed by atoms with E-state index >= 15 is 0 Å². The van der Waals surface area contributed by atoms with Crippen LogP contribution in [0.2, 0.25) is 0 Å². The van der Waals surface area contributed by atoms with Crippen molar-refractivity contribution in [1.82, 2.24) is 0 Å². The fraction of sp³-hybridized carbons (Fsp3) is 0.200. The molecule has 0 fully saturated rings. The number of hydrogen-bond acceptors (Lipinski definition) is 3. The Labute approximate surface area is 114 Å². The van der Waals surface area contributed by atoms with Crippen LogP contribution in [0.3, 0.4) is 0 Å². The minimum absolute atomic E-state index is 0.109. The van der Waals surface area contributed by atoms with E-state index in [0.717, 1.165) is 0 Å². The molecule has 0 bridgehead atoms. The average Bonchev–Trinajstić information content (AvgIpc) is 2.23. The van der Waals surface area contributed by atoms with Crippen molar-refractivity contribution in [3.05, 3.63) is 26.9 Å². The Hall–Kier alpha value is -0.950. The van der Waals surface area contributed by atoms with Crippen LogP contribution in [0.15, 0.2) is 21.1 Å². The summed E-state index contributed by atoms with van der Waals surface area (Å²) in [5, 5.41) is 2.32. The van der Waals surface area contributed by atoms with Gasteiger partial charge in [-0.05, 0) is 50.9 Å². The summed E-state index contributed by atoms with van der Waals surface area (Å²) >= 11 is 6.16. The molecule has 0 heterocycles. The lowest BCUT2D eigenvalue weighted by Crippen LogP contribution is -2.25. The smallest absolute Gasteiger partial charge is 0.397 e. The van der Waals surface area contributed by atoms with E-state index in [1.807, 2.05) is 0 Å². The van der Waals surface area contributed by atoms with Gasteiger partial charge in [0, 0.05) is 8.95 Å². The first-order valence-electron chi connectivity index (χ1n) is 4.58. The van der Waals surface area contributed by atoms with E-state index in [9.17, 15) is 14.0 Å². The lowest BCUT2D eigenvalue weighted by molar-refractivity contribution is -0.152. The molecule has 4 nitrogen and oxygen atoms in total. The van der Waals surface area contributed by atoms with Crippen molar-refractivity contribution < 1.29 is 18.7 Å². The molecule has 0 aliphatic carbocycles. The lowest BCUT2D eigenvalue weighted by Gasteiger charge is -2.09. The maximum absolute atomic E-state index is 13.0. The van der Waals surface area contributed by atoms with Crippen molar-refractivity contribution in [2.45, 2.75) is 6.92 Å². The lowest BCUT2D eigenvalue weighted by atomic mass is 10.3. The normalized spacial score (nSPS) is 9.88. The summed E-state index contributed by atoms with van der Waals surface area (Å²) in [5.74, 6) is -2.38. The molecule has 0 saturated heterocycles. The predicted octanol–water partition coefficient (Wildman–Crippen LogP) is 2.85. The summed E-state index contributed by atoms with van der Waals surface area (Å²) in [4.78, 5) is 22.5. The summed E-state index contributed by atoms with van der Waals surface area (Å²) in [6, 6.07) is 2.34. The number of ether oxygens (including phenoxy) is 1. The molecule has 0 aromatic heterocycles. The summed E-state index contributed by atoms with van der Waals surface area (Å²) in [6.45, 7) is 1.70. The zero-order chi connectivity index (χ0) is 13.0. The number of carbonyl (C=O) groups is 2. The van der Waals surface area contributed by atoms with Crippen molar-refractivity contribution in [2.24, 2.45) is 0 Å². The minimum Gasteiger partial charge on any atom is -0.459 e. The van der Waals surface area contributed by atoms with Gasteiger partial charge in [-0.2, -0.15) is 0 Å². The topological polar surface area (TPSA) is 55.4 Å². The van der Waals surface area contributed by atoms with Crippen LogP contribution in [0.5, 0.6) is 0 Å². The average molecular weight is 369 g/mol. The molecule has 1 rings (SSSR count). The molecule has 0 radical (unpaired) electrons. The van der Waals surface area contributed by atoms with E-state index in [-0.39, 0.29) is 12.3 Å². The van der Waals surface area contributed by atoms with Gasteiger partial charge >= 0.3 is 11.9 Å². The molecular weight excluding hydrogens is 361 g/mol. The quantitative estimate of drug-likeness (QED) is 0.645. The Bertz CT molecular complexity index is 442. The van der Waals surface area contributed by atoms with Gasteiger partial charge in [-0.25, -0.2) is 9.18 Å². The van der Waals surface area contributed by atoms with E-state index in [0.29, 0.717) is 8.95 Å². The molecule has 7 heteroatoms. The SMILES string of the molecule is CCOC(=O)C(=O)Nc1c(Br)cc(F)cc1Br. The number of hydrogen-bond donors (Lipinski definition) is 1. The van der Waals surface area contributed by atoms with Crippen LogP contribution >= 0.6 is 31.9 Å². The maximum atomic E-state index is 13.0. The summed E-state index contributed by atoms with van der Waals surface area (Å²) in [5.41, 5.74) is 0.268. The van der Waals surface area contributed by atoms with Gasteiger partial charge < -0.3 is 10.1 Å². The molecular formula is C10H8Br2FNO3. The summed E-state index contributed by atoms with van der Waals surface area (Å²) < 4.78 is 18.1. The fourth-order valence-corrected chi connectivity index (χ4v) is 2.35. The third-order valence-electron chi connectivity index (χ3n) is 1.71. The Morgan fingerprint density at radius 1 is 1.35 bits per heavy atom. The van der Waals surface area contributed by atoms with Crippen molar-refractivity contribution >= 4 is 49.4 Å². The second kappa shape index (κ2) is 6.11. The van der Waals surface area contributed by atoms with Gasteiger partial charge in [0.15, 0.2) is 0 Å². The number of nitrogens with one attached hydrogen (secondary N) is 1. The number of halogens is 3. The first-order valence-corrected chi connectivity index (χ1v) is 6.17. The Balaban J connectivity index is 2.89. The first-order chi connectivity index (χ1) is 7.95. The van der Waals surface area contributed by atoms with Gasteiger partial charge in [-0.3, -0.25) is 4.79 Å². The highest BCUT2D eigenvalue weighted by atomic mass is 79.9. The van der Waals surface area contributed by atoms with E-state index in [1.54, 1.807) is 6.92 Å². The highest BCUT2D eigenvalue weighted by molar-refractivity contribution is 9.11. The van der Waals surface area contributed by atoms with Gasteiger partial charge in [0.05, 0.1) is 12.3 Å². The number of esters is 1. The Morgan fingerprint density at radius 3 is 2.35 bits per heavy atom. The standard InChI is InChI=1S/C10H8Br2FNO3/c1-2-17-10(16)9(15)14-8-6(11)3-5(13)4-7(8)12/h3-4H,2H2,1H3,(H,14,15). The van der Waals surface area contributed by atoms with Crippen LogP contribution in [0.25, 0.3) is 0 Å². The Kier molecular flexibility index (Phi) is 5.07. The van der Waals surface area contributed by atoms with Crippen LogP contribution in [0, 0.1) is 5.82 Å². The molecule has 0 aliphatic rings. The van der Waals surface area contributed by atoms with Crippen molar-refractivity contribution in [2.75, 3.05) is 11.9 Å². The van der Waals surface area contributed by atoms with Crippen LogP contribution in [-0.4, -0.2) is 18.5 Å². The van der Waals surface area contributed by atoms with Gasteiger partial charge in [0.25, 0.3) is 0 Å². The molecule has 1 aromatic rings. The molecule has 0 aliphatic heterocycles. The first kappa shape index (κ1) is 14.1. The summed E-state index contributed by atoms with van der Waals surface area (Å²) in [7, 11) is 0. The molecule has 1 N–H and O–H groups in total. The van der Waals surface area contributed by atoms with E-state index in [2.05, 4.69) is 41.9 Å². The van der Waals surface area contributed by atoms with Crippen molar-refractivity contribution in [1.29, 1.82) is 0 Å². The molecule has 0 unspecified atom stereocenters. The predicted molar refractivity (Wildman–Crippen MR) is 67.1 cm³/mol. The van der Waals surface area contributed by atoms with Gasteiger partial charge in [0.2, 0.25) is 0 Å². The zero-order valence-corrected chi connectivity index (χ0v) is 11.9. The molecule has 0 spiro atoms. The third-order valence-corrected chi connectivity index (χ3v) is 2.96. The number of carbonyl (C=O) groups excluding carboxylic acids is 2. The van der Waals surface area contributed by atoms with Crippen molar-refractivity contribution in [3.8, 4) is 0 Å². The molecule has 0 atom stereocenters. The Morgan fingerprint density at radius 2 is 1.88 bits per heavy atom. The van der Waals surface area contributed by atoms with Crippen LogP contribution < -0.4 is 5.32 Å². The molecule has 17 heavy (non-hydrogen) atoms. The van der Waals surface area contributed by atoms with Gasteiger partial charge in [-0.1, -0.05) is 0 Å². The second-order valence-electron chi connectivity index (χ2n) is 2.92. The largest absolute Gasteiger partial charge is 0.459 e. The van der Waals surface area contributed by atoms with E-state index in [1.165, 1.54) is 12.1 Å². The maximum Gasteiger partial charge on any atom is 0.397 e. The minimum atomic E-state index is -0.990. The van der Waals surface area contributed by atoms with Crippen LogP contribution in [0.1, 0.15) is 6.92 Å². The number of amides is 1. The monoisotopic (exact) mass is 367 g/mol. The third kappa shape index (κ3) is 3.78. The second-order valence-corrected chi connectivity index (χ2v) is 4.63. The van der Waals surface area contributed by atoms with Crippen LogP contribution in [0.4, 0.5) is 10.1 Å². The van der Waals surface area contributed by atoms with Crippen LogP contribution in [-0.2, 0) is 14.3 Å². The van der Waals surface area contributed by atoms with Gasteiger partial charge in [-0.15, -0.1) is 0 Å². The number of benzene rings is 1. The van der Waals surface area contributed by atoms with E-state index in [4.69, 9.17) is 0 Å². The molecule has 1 aromatic carbocycles. The summed E-state index contributed by atoms with van der Waals surface area (Å²) in [6.07, 6.45) is 0. The molecule has 0 saturated carbocycles. The fourth-order valence-electron chi connectivity index (χ4n) is 1.02. The highest BCUT2D eigenvalue weighted by Crippen LogP contribution is 2.31. The number of anilines is 1. The molecule has 92 valence electrons.